The van der Waals surface area contributed by atoms with Crippen LogP contribution in [-0.4, -0.2) is 17.0 Å². The van der Waals surface area contributed by atoms with Gasteiger partial charge in [0.1, 0.15) is 24.5 Å². The number of carboxylic acids is 1. The highest BCUT2D eigenvalue weighted by molar-refractivity contribution is 6.32. The molecule has 0 spiro atoms. The lowest BCUT2D eigenvalue weighted by atomic mass is 10.3. The molecule has 0 saturated carbocycles. The van der Waals surface area contributed by atoms with Crippen molar-refractivity contribution in [1.82, 2.24) is 0 Å². The van der Waals surface area contributed by atoms with Gasteiger partial charge in [0.15, 0.2) is 0 Å². The zero-order valence-corrected chi connectivity index (χ0v) is 12.5. The maximum Gasteiger partial charge on any atom is 0.371 e. The molecule has 0 unspecified atom stereocenters. The number of halogens is 1. The van der Waals surface area contributed by atoms with E-state index in [1.165, 1.54) is 18.2 Å². The zero-order chi connectivity index (χ0) is 16.8. The van der Waals surface area contributed by atoms with Crippen LogP contribution in [0.3, 0.4) is 0 Å². The summed E-state index contributed by atoms with van der Waals surface area (Å²) in [5.74, 6) is -1.09. The number of ether oxygens (including phenoxy) is 1. The molecular formula is C15H11ClN2O5. The summed E-state index contributed by atoms with van der Waals surface area (Å²) in [6, 6.07) is 9.16. The molecule has 23 heavy (non-hydrogen) atoms. The lowest BCUT2D eigenvalue weighted by Gasteiger charge is -2.09. The topological polar surface area (TPSA) is 113 Å². The molecule has 1 aromatic carbocycles. The van der Waals surface area contributed by atoms with Gasteiger partial charge >= 0.3 is 5.97 Å². The van der Waals surface area contributed by atoms with E-state index in [2.05, 4.69) is 5.32 Å². The first-order chi connectivity index (χ1) is 11.0. The Morgan fingerprint density at radius 2 is 2.13 bits per heavy atom. The van der Waals surface area contributed by atoms with E-state index in [-0.39, 0.29) is 23.8 Å². The van der Waals surface area contributed by atoms with Gasteiger partial charge in [-0.1, -0.05) is 11.6 Å². The largest absolute Gasteiger partial charge is 0.484 e. The van der Waals surface area contributed by atoms with Crippen molar-refractivity contribution in [2.45, 2.75) is 13.0 Å². The van der Waals surface area contributed by atoms with Crippen molar-refractivity contribution >= 4 is 29.2 Å². The van der Waals surface area contributed by atoms with E-state index in [1.807, 2.05) is 0 Å². The monoisotopic (exact) mass is 334 g/mol. The number of furan rings is 1. The average molecular weight is 335 g/mol. The number of carboxylic acid groups (broad SMARTS) is 1. The number of benzene rings is 1. The first-order valence-corrected chi connectivity index (χ1v) is 6.78. The number of anilines is 1. The number of amides is 1. The van der Waals surface area contributed by atoms with Crippen LogP contribution in [0.2, 0.25) is 5.02 Å². The minimum atomic E-state index is -1.16. The lowest BCUT2D eigenvalue weighted by Crippen LogP contribution is -2.10. The minimum absolute atomic E-state index is 0.00708. The first kappa shape index (κ1) is 16.4. The van der Waals surface area contributed by atoms with Crippen LogP contribution in [0.4, 0.5) is 5.69 Å². The highest BCUT2D eigenvalue weighted by atomic mass is 35.5. The molecule has 1 aromatic heterocycles. The number of hydrogen-bond donors (Lipinski definition) is 2. The zero-order valence-electron chi connectivity index (χ0n) is 11.7. The van der Waals surface area contributed by atoms with Crippen molar-refractivity contribution in [3.63, 3.8) is 0 Å². The molecule has 0 saturated heterocycles. The SMILES string of the molecule is N#CCC(=O)Nc1ccc(OCc2ccc(C(=O)O)o2)c(Cl)c1. The molecule has 8 heteroatoms. The van der Waals surface area contributed by atoms with Gasteiger partial charge in [-0.3, -0.25) is 4.79 Å². The Hall–Kier alpha value is -2.98. The third-order valence-corrected chi connectivity index (χ3v) is 2.99. The van der Waals surface area contributed by atoms with Crippen molar-refractivity contribution < 1.29 is 23.8 Å². The van der Waals surface area contributed by atoms with Crippen LogP contribution in [0.5, 0.6) is 5.75 Å². The number of nitrogens with zero attached hydrogens (tertiary/aromatic N) is 1. The molecule has 118 valence electrons. The number of hydrogen-bond acceptors (Lipinski definition) is 5. The molecule has 1 heterocycles. The minimum Gasteiger partial charge on any atom is -0.484 e. The predicted octanol–water partition coefficient (Wildman–Crippen LogP) is 3.06. The van der Waals surface area contributed by atoms with Gasteiger partial charge < -0.3 is 19.6 Å². The Balaban J connectivity index is 1.99. The molecule has 0 fully saturated rings. The summed E-state index contributed by atoms with van der Waals surface area (Å²) in [6.45, 7) is 0.00708. The van der Waals surface area contributed by atoms with E-state index in [0.717, 1.165) is 0 Å². The van der Waals surface area contributed by atoms with Crippen LogP contribution in [0.15, 0.2) is 34.7 Å². The Morgan fingerprint density at radius 3 is 2.74 bits per heavy atom. The number of nitriles is 1. The van der Waals surface area contributed by atoms with Crippen LogP contribution < -0.4 is 10.1 Å². The molecule has 0 aliphatic carbocycles. The summed E-state index contributed by atoms with van der Waals surface area (Å²) in [4.78, 5) is 22.0. The Labute approximate surface area is 136 Å². The molecular weight excluding hydrogens is 324 g/mol. The molecule has 2 rings (SSSR count). The lowest BCUT2D eigenvalue weighted by molar-refractivity contribution is -0.115. The fraction of sp³-hybridized carbons (Fsp3) is 0.133. The average Bonchev–Trinajstić information content (AvgIpc) is 2.96. The second-order valence-electron chi connectivity index (χ2n) is 4.39. The van der Waals surface area contributed by atoms with Gasteiger partial charge in [0, 0.05) is 5.69 Å². The van der Waals surface area contributed by atoms with Gasteiger partial charge in [0.05, 0.1) is 11.1 Å². The molecule has 0 bridgehead atoms. The molecule has 2 aromatic rings. The van der Waals surface area contributed by atoms with Crippen LogP contribution in [0.1, 0.15) is 22.7 Å². The standard InChI is InChI=1S/C15H11ClN2O5/c16-11-7-9(18-14(19)5-6-17)1-3-12(11)22-8-10-2-4-13(23-10)15(20)21/h1-4,7H,5,8H2,(H,18,19)(H,20,21). The van der Waals surface area contributed by atoms with Crippen molar-refractivity contribution in [1.29, 1.82) is 5.26 Å². The molecule has 1 amide bonds. The van der Waals surface area contributed by atoms with Crippen molar-refractivity contribution in [2.24, 2.45) is 0 Å². The Bertz CT molecular complexity index is 778. The normalized spacial score (nSPS) is 9.91. The van der Waals surface area contributed by atoms with Crippen molar-refractivity contribution in [2.75, 3.05) is 5.32 Å². The fourth-order valence-electron chi connectivity index (χ4n) is 1.69. The third kappa shape index (κ3) is 4.49. The van der Waals surface area contributed by atoms with Gasteiger partial charge in [0.2, 0.25) is 11.7 Å². The Morgan fingerprint density at radius 1 is 1.35 bits per heavy atom. The molecule has 0 aliphatic heterocycles. The highest BCUT2D eigenvalue weighted by Gasteiger charge is 2.11. The summed E-state index contributed by atoms with van der Waals surface area (Å²) in [5, 5.41) is 20.0. The van der Waals surface area contributed by atoms with E-state index in [9.17, 15) is 9.59 Å². The molecule has 0 radical (unpaired) electrons. The maximum atomic E-state index is 11.3. The van der Waals surface area contributed by atoms with Crippen molar-refractivity contribution in [3.8, 4) is 11.8 Å². The van der Waals surface area contributed by atoms with Crippen LogP contribution in [0, 0.1) is 11.3 Å². The molecule has 2 N–H and O–H groups in total. The van der Waals surface area contributed by atoms with Crippen LogP contribution in [-0.2, 0) is 11.4 Å². The summed E-state index contributed by atoms with van der Waals surface area (Å²) < 4.78 is 10.5. The maximum absolute atomic E-state index is 11.3. The number of nitrogens with one attached hydrogen (secondary N) is 1. The smallest absolute Gasteiger partial charge is 0.371 e. The summed E-state index contributed by atoms with van der Waals surface area (Å²) in [5.41, 5.74) is 0.439. The van der Waals surface area contributed by atoms with E-state index >= 15 is 0 Å². The van der Waals surface area contributed by atoms with Gasteiger partial charge in [-0.25, -0.2) is 4.79 Å². The summed E-state index contributed by atoms with van der Waals surface area (Å²) >= 11 is 6.05. The van der Waals surface area contributed by atoms with E-state index in [0.29, 0.717) is 17.2 Å². The first-order valence-electron chi connectivity index (χ1n) is 6.40. The van der Waals surface area contributed by atoms with E-state index in [4.69, 9.17) is 31.1 Å². The molecule has 0 atom stereocenters. The van der Waals surface area contributed by atoms with E-state index < -0.39 is 11.9 Å². The predicted molar refractivity (Wildman–Crippen MR) is 80.3 cm³/mol. The van der Waals surface area contributed by atoms with Crippen LogP contribution in [0.25, 0.3) is 0 Å². The van der Waals surface area contributed by atoms with Gasteiger partial charge in [-0.05, 0) is 30.3 Å². The second kappa shape index (κ2) is 7.33. The van der Waals surface area contributed by atoms with Crippen molar-refractivity contribution in [3.05, 3.63) is 46.9 Å². The fourth-order valence-corrected chi connectivity index (χ4v) is 1.93. The van der Waals surface area contributed by atoms with Gasteiger partial charge in [0.25, 0.3) is 0 Å². The molecule has 7 nitrogen and oxygen atoms in total. The summed E-state index contributed by atoms with van der Waals surface area (Å²) in [7, 11) is 0. The number of carbonyl (C=O) groups is 2. The van der Waals surface area contributed by atoms with Crippen LogP contribution >= 0.6 is 11.6 Å². The summed E-state index contributed by atoms with van der Waals surface area (Å²) in [6.07, 6.45) is -0.250. The van der Waals surface area contributed by atoms with Gasteiger partial charge in [-0.15, -0.1) is 0 Å². The third-order valence-electron chi connectivity index (χ3n) is 2.70. The quantitative estimate of drug-likeness (QED) is 0.839. The number of aromatic carboxylic acids is 1. The Kier molecular flexibility index (Phi) is 5.23. The highest BCUT2D eigenvalue weighted by Crippen LogP contribution is 2.28. The molecule has 0 aliphatic rings. The van der Waals surface area contributed by atoms with Gasteiger partial charge in [-0.2, -0.15) is 5.26 Å². The number of carbonyl (C=O) groups excluding carboxylic acids is 1. The second-order valence-corrected chi connectivity index (χ2v) is 4.80. The number of rotatable bonds is 6. The van der Waals surface area contributed by atoms with E-state index in [1.54, 1.807) is 18.2 Å².